The van der Waals surface area contributed by atoms with Gasteiger partial charge in [0.1, 0.15) is 6.33 Å². The highest BCUT2D eigenvalue weighted by Gasteiger charge is 2.25. The molecule has 9 heteroatoms. The van der Waals surface area contributed by atoms with E-state index in [1.807, 2.05) is 0 Å². The topological polar surface area (TPSA) is 125 Å². The molecule has 0 fully saturated rings. The fourth-order valence-electron chi connectivity index (χ4n) is 1.65. The molecule has 106 valence electrons. The van der Waals surface area contributed by atoms with Crippen LogP contribution < -0.4 is 4.72 Å². The third kappa shape index (κ3) is 3.39. The number of benzene rings is 1. The van der Waals surface area contributed by atoms with Gasteiger partial charge in [-0.1, -0.05) is 30.3 Å². The second-order valence-electron chi connectivity index (χ2n) is 3.97. The number of carboxylic acid groups (broad SMARTS) is 1. The number of hydrogen-bond acceptors (Lipinski definition) is 5. The van der Waals surface area contributed by atoms with Gasteiger partial charge >= 0.3 is 5.97 Å². The Morgan fingerprint density at radius 3 is 2.60 bits per heavy atom. The second-order valence-corrected chi connectivity index (χ2v) is 5.60. The molecule has 0 aliphatic rings. The van der Waals surface area contributed by atoms with Gasteiger partial charge in [-0.3, -0.25) is 4.79 Å². The lowest BCUT2D eigenvalue weighted by atomic mass is 10.1. The quantitative estimate of drug-likeness (QED) is 0.704. The molecule has 0 aliphatic heterocycles. The molecule has 0 bridgehead atoms. The van der Waals surface area contributed by atoms with Crippen LogP contribution in [0.4, 0.5) is 0 Å². The molecule has 0 aliphatic carbocycles. The zero-order valence-corrected chi connectivity index (χ0v) is 11.0. The first-order valence-electron chi connectivity index (χ1n) is 5.63. The van der Waals surface area contributed by atoms with E-state index in [2.05, 4.69) is 19.9 Å². The second kappa shape index (κ2) is 5.80. The molecule has 0 spiro atoms. The molecule has 1 atom stereocenters. The van der Waals surface area contributed by atoms with Gasteiger partial charge in [-0.25, -0.2) is 23.2 Å². The van der Waals surface area contributed by atoms with E-state index in [0.29, 0.717) is 5.56 Å². The van der Waals surface area contributed by atoms with E-state index in [4.69, 9.17) is 5.11 Å². The molecule has 0 saturated carbocycles. The summed E-state index contributed by atoms with van der Waals surface area (Å²) in [5.41, 5.74) is 0.554. The summed E-state index contributed by atoms with van der Waals surface area (Å²) in [5, 5.41) is 14.2. The number of nitrogens with zero attached hydrogens (tertiary/aromatic N) is 2. The van der Waals surface area contributed by atoms with Gasteiger partial charge in [-0.15, -0.1) is 0 Å². The summed E-state index contributed by atoms with van der Waals surface area (Å²) in [6.07, 6.45) is 0.681. The van der Waals surface area contributed by atoms with Gasteiger partial charge < -0.3 is 5.11 Å². The van der Waals surface area contributed by atoms with E-state index >= 15 is 0 Å². The molecule has 1 aromatic heterocycles. The number of carbonyl (C=O) groups is 1. The normalized spacial score (nSPS) is 13.0. The van der Waals surface area contributed by atoms with Crippen LogP contribution in [0, 0.1) is 0 Å². The van der Waals surface area contributed by atoms with E-state index < -0.39 is 22.0 Å². The predicted octanol–water partition coefficient (Wildman–Crippen LogP) is 0.299. The van der Waals surface area contributed by atoms with Crippen LogP contribution in [0.3, 0.4) is 0 Å². The molecule has 2 aromatic rings. The Morgan fingerprint density at radius 2 is 2.05 bits per heavy atom. The number of nitrogens with one attached hydrogen (secondary N) is 2. The summed E-state index contributed by atoms with van der Waals surface area (Å²) in [6.45, 7) is 0. The Kier molecular flexibility index (Phi) is 4.11. The summed E-state index contributed by atoms with van der Waals surface area (Å²) in [4.78, 5) is 14.4. The van der Waals surface area contributed by atoms with Crippen molar-refractivity contribution in [1.82, 2.24) is 19.9 Å². The van der Waals surface area contributed by atoms with Gasteiger partial charge in [0.15, 0.2) is 0 Å². The van der Waals surface area contributed by atoms with E-state index in [-0.39, 0.29) is 11.6 Å². The number of H-pyrrole nitrogens is 1. The lowest BCUT2D eigenvalue weighted by molar-refractivity contribution is -0.137. The van der Waals surface area contributed by atoms with Crippen LogP contribution in [0.5, 0.6) is 0 Å². The molecule has 0 unspecified atom stereocenters. The first-order valence-corrected chi connectivity index (χ1v) is 7.12. The molecule has 0 amide bonds. The van der Waals surface area contributed by atoms with Crippen LogP contribution in [0.25, 0.3) is 0 Å². The first-order chi connectivity index (χ1) is 9.49. The maximum absolute atomic E-state index is 12.0. The fourth-order valence-corrected chi connectivity index (χ4v) is 2.72. The highest BCUT2D eigenvalue weighted by molar-refractivity contribution is 7.89. The van der Waals surface area contributed by atoms with E-state index in [1.165, 1.54) is 0 Å². The Morgan fingerprint density at radius 1 is 1.35 bits per heavy atom. The van der Waals surface area contributed by atoms with Crippen molar-refractivity contribution in [2.24, 2.45) is 0 Å². The van der Waals surface area contributed by atoms with Crippen molar-refractivity contribution in [3.05, 3.63) is 42.2 Å². The van der Waals surface area contributed by atoms with Crippen LogP contribution in [0.2, 0.25) is 0 Å². The summed E-state index contributed by atoms with van der Waals surface area (Å²) in [7, 11) is -3.95. The third-order valence-electron chi connectivity index (χ3n) is 2.53. The molecule has 20 heavy (non-hydrogen) atoms. The van der Waals surface area contributed by atoms with Crippen molar-refractivity contribution in [2.45, 2.75) is 17.6 Å². The Hall–Kier alpha value is -2.26. The molecule has 2 rings (SSSR count). The number of rotatable bonds is 6. The third-order valence-corrected chi connectivity index (χ3v) is 3.83. The van der Waals surface area contributed by atoms with Crippen molar-refractivity contribution >= 4 is 16.0 Å². The number of aromatic nitrogens is 3. The SMILES string of the molecule is O=C(O)C[C@H](NS(=O)(=O)c1ncn[nH]1)c1ccccc1. The summed E-state index contributed by atoms with van der Waals surface area (Å²) < 4.78 is 26.3. The minimum atomic E-state index is -3.95. The highest BCUT2D eigenvalue weighted by Crippen LogP contribution is 2.18. The van der Waals surface area contributed by atoms with Crippen molar-refractivity contribution < 1.29 is 18.3 Å². The Bertz CT molecular complexity index is 670. The number of aromatic amines is 1. The number of hydrogen-bond donors (Lipinski definition) is 3. The maximum Gasteiger partial charge on any atom is 0.305 e. The average Bonchev–Trinajstić information content (AvgIpc) is 2.93. The van der Waals surface area contributed by atoms with Crippen molar-refractivity contribution in [3.63, 3.8) is 0 Å². The van der Waals surface area contributed by atoms with Crippen molar-refractivity contribution in [2.75, 3.05) is 0 Å². The molecule has 8 nitrogen and oxygen atoms in total. The largest absolute Gasteiger partial charge is 0.481 e. The van der Waals surface area contributed by atoms with Crippen LogP contribution >= 0.6 is 0 Å². The molecule has 1 aromatic carbocycles. The van der Waals surface area contributed by atoms with Crippen LogP contribution in [-0.4, -0.2) is 34.7 Å². The first kappa shape index (κ1) is 14.2. The van der Waals surface area contributed by atoms with E-state index in [0.717, 1.165) is 6.33 Å². The van der Waals surface area contributed by atoms with Gasteiger partial charge in [0.25, 0.3) is 15.2 Å². The van der Waals surface area contributed by atoms with E-state index in [9.17, 15) is 13.2 Å². The molecular formula is C11H12N4O4S. The summed E-state index contributed by atoms with van der Waals surface area (Å²) in [5.74, 6) is -1.11. The van der Waals surface area contributed by atoms with Gasteiger partial charge in [0.05, 0.1) is 12.5 Å². The minimum absolute atomic E-state index is 0.358. The van der Waals surface area contributed by atoms with E-state index in [1.54, 1.807) is 30.3 Å². The monoisotopic (exact) mass is 296 g/mol. The number of sulfonamides is 1. The average molecular weight is 296 g/mol. The van der Waals surface area contributed by atoms with Gasteiger partial charge in [0.2, 0.25) is 0 Å². The fraction of sp³-hybridized carbons (Fsp3) is 0.182. The minimum Gasteiger partial charge on any atom is -0.481 e. The van der Waals surface area contributed by atoms with Crippen molar-refractivity contribution in [3.8, 4) is 0 Å². The molecule has 3 N–H and O–H groups in total. The smallest absolute Gasteiger partial charge is 0.305 e. The van der Waals surface area contributed by atoms with Crippen LogP contribution in [0.1, 0.15) is 18.0 Å². The zero-order valence-electron chi connectivity index (χ0n) is 10.2. The predicted molar refractivity (Wildman–Crippen MR) is 68.1 cm³/mol. The molecule has 0 saturated heterocycles. The van der Waals surface area contributed by atoms with Gasteiger partial charge in [-0.2, -0.15) is 5.10 Å². The summed E-state index contributed by atoms with van der Waals surface area (Å²) >= 11 is 0. The van der Waals surface area contributed by atoms with Crippen LogP contribution in [-0.2, 0) is 14.8 Å². The van der Waals surface area contributed by atoms with Crippen LogP contribution in [0.15, 0.2) is 41.8 Å². The molecular weight excluding hydrogens is 284 g/mol. The maximum atomic E-state index is 12.0. The molecule has 1 heterocycles. The molecule has 0 radical (unpaired) electrons. The lowest BCUT2D eigenvalue weighted by Gasteiger charge is -2.16. The Labute approximate surface area is 114 Å². The zero-order chi connectivity index (χ0) is 14.6. The van der Waals surface area contributed by atoms with Gasteiger partial charge in [-0.05, 0) is 5.56 Å². The van der Waals surface area contributed by atoms with Gasteiger partial charge in [0, 0.05) is 0 Å². The standard InChI is InChI=1S/C11H12N4O4S/c16-10(17)6-9(8-4-2-1-3-5-8)15-20(18,19)11-12-7-13-14-11/h1-5,7,9,15H,6H2,(H,16,17)(H,12,13,14)/t9-/m0/s1. The number of aliphatic carboxylic acids is 1. The van der Waals surface area contributed by atoms with Crippen molar-refractivity contribution in [1.29, 1.82) is 0 Å². The summed E-state index contributed by atoms with van der Waals surface area (Å²) in [6, 6.07) is 7.57. The number of carboxylic acids is 1. The lowest BCUT2D eigenvalue weighted by Crippen LogP contribution is -2.31. The highest BCUT2D eigenvalue weighted by atomic mass is 32.2. The Balaban J connectivity index is 2.27.